The van der Waals surface area contributed by atoms with Gasteiger partial charge in [0.1, 0.15) is 24.3 Å². The van der Waals surface area contributed by atoms with Crippen molar-refractivity contribution >= 4 is 34.8 Å². The fourth-order valence-corrected chi connectivity index (χ4v) is 4.72. The van der Waals surface area contributed by atoms with Crippen LogP contribution in [0, 0.1) is 0 Å². The van der Waals surface area contributed by atoms with Crippen molar-refractivity contribution in [2.24, 2.45) is 0 Å². The minimum absolute atomic E-state index is 0.125. The van der Waals surface area contributed by atoms with Gasteiger partial charge in [0.25, 0.3) is 0 Å². The van der Waals surface area contributed by atoms with Gasteiger partial charge in [0, 0.05) is 28.0 Å². The Morgan fingerprint density at radius 3 is 2.53 bits per heavy atom. The van der Waals surface area contributed by atoms with Crippen molar-refractivity contribution in [3.05, 3.63) is 76.8 Å². The molecule has 6 rings (SSSR count). The van der Waals surface area contributed by atoms with Crippen LogP contribution in [0.15, 0.2) is 60.7 Å². The van der Waals surface area contributed by atoms with Crippen molar-refractivity contribution in [1.82, 2.24) is 0 Å². The molecule has 160 valence electrons. The van der Waals surface area contributed by atoms with Crippen LogP contribution in [0.25, 0.3) is 0 Å². The molecule has 0 radical (unpaired) electrons. The van der Waals surface area contributed by atoms with Crippen molar-refractivity contribution in [1.29, 1.82) is 0 Å². The van der Waals surface area contributed by atoms with Gasteiger partial charge in [-0.25, -0.2) is 0 Å². The molecule has 3 aliphatic heterocycles. The Bertz CT molecular complexity index is 1280. The lowest BCUT2D eigenvalue weighted by molar-refractivity contribution is -0.124. The summed E-state index contributed by atoms with van der Waals surface area (Å²) in [6.45, 7) is 0.156. The summed E-state index contributed by atoms with van der Waals surface area (Å²) in [5, 5.41) is 3.40. The largest absolute Gasteiger partial charge is 0.491 e. The monoisotopic (exact) mass is 448 g/mol. The maximum absolute atomic E-state index is 13.9. The standard InChI is InChI=1S/C24H17ClN2O5/c25-14-5-7-15(8-6-14)26-22(28)11-27-18-4-2-1-3-16(18)24(23(27)29)12-30-19-10-21-20(9-17(19)24)31-13-32-21/h1-10H,11-13H2,(H,26,28). The number of hydrogen-bond acceptors (Lipinski definition) is 5. The van der Waals surface area contributed by atoms with Crippen LogP contribution in [-0.2, 0) is 15.0 Å². The summed E-state index contributed by atoms with van der Waals surface area (Å²) in [6, 6.07) is 17.9. The predicted octanol–water partition coefficient (Wildman–Crippen LogP) is 3.73. The maximum Gasteiger partial charge on any atom is 0.246 e. The molecular weight excluding hydrogens is 432 g/mol. The number of anilines is 2. The average molecular weight is 449 g/mol. The van der Waals surface area contributed by atoms with E-state index in [1.807, 2.05) is 30.3 Å². The van der Waals surface area contributed by atoms with E-state index in [1.54, 1.807) is 30.3 Å². The van der Waals surface area contributed by atoms with Gasteiger partial charge in [-0.1, -0.05) is 29.8 Å². The summed E-state index contributed by atoms with van der Waals surface area (Å²) in [4.78, 5) is 28.2. The SMILES string of the molecule is O=C(CN1C(=O)C2(COc3cc4c(cc32)OCO4)c2ccccc21)Nc1ccc(Cl)cc1. The summed E-state index contributed by atoms with van der Waals surface area (Å²) in [5.41, 5.74) is 1.80. The maximum atomic E-state index is 13.9. The second-order valence-electron chi connectivity index (χ2n) is 7.86. The van der Waals surface area contributed by atoms with Gasteiger partial charge in [-0.3, -0.25) is 9.59 Å². The first-order valence-corrected chi connectivity index (χ1v) is 10.5. The fourth-order valence-electron chi connectivity index (χ4n) is 4.60. The summed E-state index contributed by atoms with van der Waals surface area (Å²) in [6.07, 6.45) is 0. The zero-order chi connectivity index (χ0) is 21.9. The number of nitrogens with one attached hydrogen (secondary N) is 1. The Morgan fingerprint density at radius 2 is 1.72 bits per heavy atom. The highest BCUT2D eigenvalue weighted by atomic mass is 35.5. The van der Waals surface area contributed by atoms with E-state index < -0.39 is 5.41 Å². The van der Waals surface area contributed by atoms with Gasteiger partial charge in [0.2, 0.25) is 18.6 Å². The average Bonchev–Trinajstić information content (AvgIpc) is 3.47. The molecule has 1 spiro atoms. The molecule has 0 aliphatic carbocycles. The van der Waals surface area contributed by atoms with Crippen LogP contribution < -0.4 is 24.4 Å². The van der Waals surface area contributed by atoms with Crippen LogP contribution in [0.2, 0.25) is 5.02 Å². The number of carbonyl (C=O) groups is 2. The highest BCUT2D eigenvalue weighted by Gasteiger charge is 2.57. The molecule has 3 aromatic carbocycles. The van der Waals surface area contributed by atoms with E-state index in [-0.39, 0.29) is 31.8 Å². The first-order valence-electron chi connectivity index (χ1n) is 10.1. The topological polar surface area (TPSA) is 77.1 Å². The lowest BCUT2D eigenvalue weighted by atomic mass is 9.77. The lowest BCUT2D eigenvalue weighted by Gasteiger charge is -2.23. The van der Waals surface area contributed by atoms with E-state index in [0.717, 1.165) is 11.1 Å². The highest BCUT2D eigenvalue weighted by molar-refractivity contribution is 6.30. The van der Waals surface area contributed by atoms with Gasteiger partial charge >= 0.3 is 0 Å². The number of ether oxygens (including phenoxy) is 3. The molecule has 0 saturated carbocycles. The number of amides is 2. The Kier molecular flexibility index (Phi) is 4.10. The minimum atomic E-state index is -1.03. The van der Waals surface area contributed by atoms with Crippen molar-refractivity contribution in [3.63, 3.8) is 0 Å². The lowest BCUT2D eigenvalue weighted by Crippen LogP contribution is -2.45. The molecule has 1 unspecified atom stereocenters. The molecule has 32 heavy (non-hydrogen) atoms. The number of halogens is 1. The van der Waals surface area contributed by atoms with Crippen LogP contribution in [0.5, 0.6) is 17.2 Å². The van der Waals surface area contributed by atoms with E-state index in [9.17, 15) is 9.59 Å². The Morgan fingerprint density at radius 1 is 0.969 bits per heavy atom. The predicted molar refractivity (Wildman–Crippen MR) is 118 cm³/mol. The molecule has 1 atom stereocenters. The van der Waals surface area contributed by atoms with Crippen LogP contribution in [0.4, 0.5) is 11.4 Å². The summed E-state index contributed by atoms with van der Waals surface area (Å²) < 4.78 is 16.9. The second-order valence-corrected chi connectivity index (χ2v) is 8.30. The highest BCUT2D eigenvalue weighted by Crippen LogP contribution is 2.54. The van der Waals surface area contributed by atoms with Gasteiger partial charge < -0.3 is 24.4 Å². The Labute approximate surface area is 188 Å². The van der Waals surface area contributed by atoms with Crippen molar-refractivity contribution in [2.45, 2.75) is 5.41 Å². The number of rotatable bonds is 3. The molecule has 1 N–H and O–H groups in total. The van der Waals surface area contributed by atoms with Gasteiger partial charge in [-0.05, 0) is 42.0 Å². The van der Waals surface area contributed by atoms with Crippen molar-refractivity contribution in [2.75, 3.05) is 30.2 Å². The molecule has 0 fully saturated rings. The number of benzene rings is 3. The Balaban J connectivity index is 1.36. The fraction of sp³-hybridized carbons (Fsp3) is 0.167. The first-order chi connectivity index (χ1) is 15.6. The van der Waals surface area contributed by atoms with E-state index in [0.29, 0.717) is 33.6 Å². The number of hydrogen-bond donors (Lipinski definition) is 1. The zero-order valence-electron chi connectivity index (χ0n) is 16.8. The number of para-hydroxylation sites is 1. The van der Waals surface area contributed by atoms with Crippen LogP contribution >= 0.6 is 11.6 Å². The van der Waals surface area contributed by atoms with Crippen LogP contribution in [0.1, 0.15) is 11.1 Å². The van der Waals surface area contributed by atoms with Crippen LogP contribution in [0.3, 0.4) is 0 Å². The minimum Gasteiger partial charge on any atom is -0.491 e. The second kappa shape index (κ2) is 6.90. The molecular formula is C24H17ClN2O5. The van der Waals surface area contributed by atoms with Gasteiger partial charge in [0.15, 0.2) is 11.5 Å². The summed E-state index contributed by atoms with van der Waals surface area (Å²) >= 11 is 5.91. The third-order valence-electron chi connectivity index (χ3n) is 6.07. The molecule has 0 bridgehead atoms. The smallest absolute Gasteiger partial charge is 0.246 e. The molecule has 8 heteroatoms. The normalized spacial score (nSPS) is 19.7. The quantitative estimate of drug-likeness (QED) is 0.660. The number of carbonyl (C=O) groups excluding carboxylic acids is 2. The molecule has 7 nitrogen and oxygen atoms in total. The third-order valence-corrected chi connectivity index (χ3v) is 6.33. The molecule has 3 heterocycles. The molecule has 3 aromatic rings. The van der Waals surface area contributed by atoms with E-state index in [4.69, 9.17) is 25.8 Å². The van der Waals surface area contributed by atoms with Gasteiger partial charge in [0.05, 0.1) is 0 Å². The molecule has 2 amide bonds. The van der Waals surface area contributed by atoms with E-state index in [1.165, 1.54) is 4.90 Å². The van der Waals surface area contributed by atoms with E-state index >= 15 is 0 Å². The third kappa shape index (κ3) is 2.67. The van der Waals surface area contributed by atoms with Gasteiger partial charge in [-0.15, -0.1) is 0 Å². The molecule has 3 aliphatic rings. The zero-order valence-corrected chi connectivity index (χ0v) is 17.5. The van der Waals surface area contributed by atoms with Gasteiger partial charge in [-0.2, -0.15) is 0 Å². The van der Waals surface area contributed by atoms with Crippen molar-refractivity contribution < 1.29 is 23.8 Å². The Hall–Kier alpha value is -3.71. The summed E-state index contributed by atoms with van der Waals surface area (Å²) in [7, 11) is 0. The van der Waals surface area contributed by atoms with Crippen molar-refractivity contribution in [3.8, 4) is 17.2 Å². The van der Waals surface area contributed by atoms with Crippen LogP contribution in [-0.4, -0.2) is 31.8 Å². The molecule has 0 saturated heterocycles. The molecule has 0 aromatic heterocycles. The number of fused-ring (bicyclic) bond motifs is 5. The summed E-state index contributed by atoms with van der Waals surface area (Å²) in [5.74, 6) is 1.25. The van der Waals surface area contributed by atoms with E-state index in [2.05, 4.69) is 5.32 Å². The number of nitrogens with zero attached hydrogens (tertiary/aromatic N) is 1. The first kappa shape index (κ1) is 19.0.